The number of hydrogen-bond acceptors (Lipinski definition) is 5. The van der Waals surface area contributed by atoms with Gasteiger partial charge in [0, 0.05) is 0 Å². The first-order chi connectivity index (χ1) is 11.7. The predicted octanol–water partition coefficient (Wildman–Crippen LogP) is 4.95. The number of benzene rings is 1. The van der Waals surface area contributed by atoms with E-state index in [1.54, 1.807) is 11.3 Å². The molecule has 1 atom stereocenters. The van der Waals surface area contributed by atoms with Gasteiger partial charge in [-0.2, -0.15) is 0 Å². The number of oxazole rings is 1. The predicted molar refractivity (Wildman–Crippen MR) is 93.8 cm³/mol. The summed E-state index contributed by atoms with van der Waals surface area (Å²) < 4.78 is 11.2. The maximum atomic E-state index is 12.4. The summed E-state index contributed by atoms with van der Waals surface area (Å²) in [4.78, 5) is 17.8. The largest absolute Gasteiger partial charge is 0.459 e. The second-order valence-corrected chi connectivity index (χ2v) is 6.43. The lowest BCUT2D eigenvalue weighted by Gasteiger charge is -2.14. The molecule has 0 aliphatic rings. The molecule has 5 heteroatoms. The number of ether oxygens (including phenoxy) is 1. The Bertz CT molecular complexity index is 793. The van der Waals surface area contributed by atoms with Crippen LogP contribution in [0.5, 0.6) is 0 Å². The van der Waals surface area contributed by atoms with Crippen molar-refractivity contribution >= 4 is 17.3 Å². The third kappa shape index (κ3) is 3.57. The summed E-state index contributed by atoms with van der Waals surface area (Å²) in [5, 5.41) is 1.97. The fraction of sp³-hybridized carbons (Fsp3) is 0.263. The molecule has 1 unspecified atom stereocenters. The number of aryl methyl sites for hydroxylation is 1. The van der Waals surface area contributed by atoms with Crippen LogP contribution in [-0.4, -0.2) is 11.0 Å². The zero-order valence-electron chi connectivity index (χ0n) is 13.7. The van der Waals surface area contributed by atoms with E-state index < -0.39 is 0 Å². The first kappa shape index (κ1) is 16.5. The van der Waals surface area contributed by atoms with Crippen LogP contribution < -0.4 is 0 Å². The van der Waals surface area contributed by atoms with Crippen molar-refractivity contribution in [2.45, 2.75) is 32.8 Å². The van der Waals surface area contributed by atoms with Gasteiger partial charge in [0.2, 0.25) is 5.89 Å². The number of thiophene rings is 1. The molecule has 0 amide bonds. The number of nitrogens with zero attached hydrogens (tertiary/aromatic N) is 1. The highest BCUT2D eigenvalue weighted by molar-refractivity contribution is 7.13. The van der Waals surface area contributed by atoms with Crippen molar-refractivity contribution in [3.8, 4) is 10.8 Å². The molecule has 2 heterocycles. The monoisotopic (exact) mass is 341 g/mol. The molecule has 0 bridgehead atoms. The summed E-state index contributed by atoms with van der Waals surface area (Å²) in [6.45, 7) is 3.94. The zero-order chi connectivity index (χ0) is 16.9. The van der Waals surface area contributed by atoms with Gasteiger partial charge < -0.3 is 9.15 Å². The number of hydrogen-bond donors (Lipinski definition) is 0. The van der Waals surface area contributed by atoms with Gasteiger partial charge in [0.25, 0.3) is 0 Å². The minimum Gasteiger partial charge on any atom is -0.459 e. The molecule has 2 aromatic heterocycles. The Kier molecular flexibility index (Phi) is 5.11. The summed E-state index contributed by atoms with van der Waals surface area (Å²) in [6.07, 6.45) is 0.696. The van der Waals surface area contributed by atoms with Crippen LogP contribution in [0.3, 0.4) is 0 Å². The minimum atomic E-state index is -0.254. The van der Waals surface area contributed by atoms with Crippen LogP contribution in [0.1, 0.15) is 36.3 Å². The summed E-state index contributed by atoms with van der Waals surface area (Å²) >= 11 is 1.56. The third-order valence-electron chi connectivity index (χ3n) is 3.87. The van der Waals surface area contributed by atoms with E-state index in [2.05, 4.69) is 4.98 Å². The standard InChI is InChI=1S/C19H19NO3S/c1-3-15(14-8-5-4-6-9-14)19(21)22-12-16-13(2)23-18(20-16)17-10-7-11-24-17/h4-11,15H,3,12H2,1-2H3. The number of carbonyl (C=O) groups is 1. The van der Waals surface area contributed by atoms with Crippen LogP contribution in [0.15, 0.2) is 52.3 Å². The maximum absolute atomic E-state index is 12.4. The number of carbonyl (C=O) groups excluding carboxylic acids is 1. The zero-order valence-corrected chi connectivity index (χ0v) is 14.5. The highest BCUT2D eigenvalue weighted by Crippen LogP contribution is 2.27. The first-order valence-corrected chi connectivity index (χ1v) is 8.78. The molecule has 0 aliphatic carbocycles. The number of aromatic nitrogens is 1. The van der Waals surface area contributed by atoms with Gasteiger partial charge in [0.05, 0.1) is 10.8 Å². The van der Waals surface area contributed by atoms with E-state index in [1.165, 1.54) is 0 Å². The topological polar surface area (TPSA) is 52.3 Å². The Morgan fingerprint density at radius 2 is 2.04 bits per heavy atom. The quantitative estimate of drug-likeness (QED) is 0.595. The Balaban J connectivity index is 1.68. The van der Waals surface area contributed by atoms with Gasteiger partial charge in [-0.15, -0.1) is 11.3 Å². The van der Waals surface area contributed by atoms with E-state index in [1.807, 2.05) is 61.7 Å². The normalized spacial score (nSPS) is 12.1. The average Bonchev–Trinajstić information content (AvgIpc) is 3.24. The molecule has 124 valence electrons. The Hall–Kier alpha value is -2.40. The highest BCUT2D eigenvalue weighted by Gasteiger charge is 2.21. The van der Waals surface area contributed by atoms with Crippen molar-refractivity contribution in [3.05, 3.63) is 64.9 Å². The van der Waals surface area contributed by atoms with Crippen LogP contribution in [0.25, 0.3) is 10.8 Å². The Morgan fingerprint density at radius 3 is 2.71 bits per heavy atom. The Morgan fingerprint density at radius 1 is 1.25 bits per heavy atom. The average molecular weight is 341 g/mol. The lowest BCUT2D eigenvalue weighted by atomic mass is 9.97. The lowest BCUT2D eigenvalue weighted by molar-refractivity contribution is -0.147. The van der Waals surface area contributed by atoms with Crippen molar-refractivity contribution in [2.24, 2.45) is 0 Å². The van der Waals surface area contributed by atoms with Crippen LogP contribution in [0.4, 0.5) is 0 Å². The van der Waals surface area contributed by atoms with Gasteiger partial charge in [0.15, 0.2) is 0 Å². The molecule has 0 saturated heterocycles. The molecule has 1 aromatic carbocycles. The van der Waals surface area contributed by atoms with Gasteiger partial charge >= 0.3 is 5.97 Å². The molecule has 0 spiro atoms. The van der Waals surface area contributed by atoms with Crippen LogP contribution in [0, 0.1) is 6.92 Å². The molecule has 0 saturated carbocycles. The number of esters is 1. The summed E-state index contributed by atoms with van der Waals surface area (Å²) in [7, 11) is 0. The smallest absolute Gasteiger partial charge is 0.313 e. The SMILES string of the molecule is CCC(C(=O)OCc1nc(-c2cccs2)oc1C)c1ccccc1. The molecular formula is C19H19NO3S. The van der Waals surface area contributed by atoms with Crippen LogP contribution in [-0.2, 0) is 16.1 Å². The minimum absolute atomic E-state index is 0.128. The molecule has 0 aliphatic heterocycles. The molecule has 24 heavy (non-hydrogen) atoms. The van der Waals surface area contributed by atoms with E-state index in [9.17, 15) is 4.79 Å². The Labute approximate surface area is 145 Å². The second kappa shape index (κ2) is 7.45. The van der Waals surface area contributed by atoms with E-state index in [0.29, 0.717) is 23.8 Å². The van der Waals surface area contributed by atoms with Gasteiger partial charge in [-0.3, -0.25) is 4.79 Å². The van der Waals surface area contributed by atoms with Crippen molar-refractivity contribution in [3.63, 3.8) is 0 Å². The third-order valence-corrected chi connectivity index (χ3v) is 4.73. The second-order valence-electron chi connectivity index (χ2n) is 5.48. The van der Waals surface area contributed by atoms with Crippen molar-refractivity contribution in [1.29, 1.82) is 0 Å². The maximum Gasteiger partial charge on any atom is 0.313 e. The van der Waals surface area contributed by atoms with E-state index in [-0.39, 0.29) is 18.5 Å². The molecule has 0 fully saturated rings. The fourth-order valence-electron chi connectivity index (χ4n) is 2.53. The fourth-order valence-corrected chi connectivity index (χ4v) is 3.18. The van der Waals surface area contributed by atoms with Crippen LogP contribution in [0.2, 0.25) is 0 Å². The highest BCUT2D eigenvalue weighted by atomic mass is 32.1. The molecule has 4 nitrogen and oxygen atoms in total. The summed E-state index contributed by atoms with van der Waals surface area (Å²) in [5.41, 5.74) is 1.64. The van der Waals surface area contributed by atoms with Crippen molar-refractivity contribution < 1.29 is 13.9 Å². The van der Waals surface area contributed by atoms with Crippen molar-refractivity contribution in [2.75, 3.05) is 0 Å². The molecule has 0 radical (unpaired) electrons. The van der Waals surface area contributed by atoms with Gasteiger partial charge in [0.1, 0.15) is 18.1 Å². The van der Waals surface area contributed by atoms with Gasteiger partial charge in [-0.1, -0.05) is 43.3 Å². The lowest BCUT2D eigenvalue weighted by Crippen LogP contribution is -2.15. The van der Waals surface area contributed by atoms with Crippen LogP contribution >= 0.6 is 11.3 Å². The number of rotatable bonds is 6. The molecule has 0 N–H and O–H groups in total. The summed E-state index contributed by atoms with van der Waals surface area (Å²) in [5.74, 6) is 0.765. The molecular weight excluding hydrogens is 322 g/mol. The van der Waals surface area contributed by atoms with Gasteiger partial charge in [-0.25, -0.2) is 4.98 Å². The van der Waals surface area contributed by atoms with E-state index in [4.69, 9.17) is 9.15 Å². The van der Waals surface area contributed by atoms with Crippen molar-refractivity contribution in [1.82, 2.24) is 4.98 Å². The van der Waals surface area contributed by atoms with Gasteiger partial charge in [-0.05, 0) is 30.4 Å². The van der Waals surface area contributed by atoms with E-state index in [0.717, 1.165) is 10.4 Å². The first-order valence-electron chi connectivity index (χ1n) is 7.90. The summed E-state index contributed by atoms with van der Waals surface area (Å²) in [6, 6.07) is 13.6. The molecule has 3 rings (SSSR count). The van der Waals surface area contributed by atoms with E-state index >= 15 is 0 Å². The molecule has 3 aromatic rings.